The molecule has 0 amide bonds. The van der Waals surface area contributed by atoms with Crippen molar-refractivity contribution in [3.8, 4) is 0 Å². The number of carbonyl (C=O) groups is 1. The number of hydrogen-bond acceptors (Lipinski definition) is 6. The highest BCUT2D eigenvalue weighted by Crippen LogP contribution is 2.16. The molecule has 2 aromatic heterocycles. The molecule has 0 bridgehead atoms. The topological polar surface area (TPSA) is 98.0 Å². The van der Waals surface area contributed by atoms with Crippen molar-refractivity contribution in [2.45, 2.75) is 18.4 Å². The van der Waals surface area contributed by atoms with E-state index in [2.05, 4.69) is 4.98 Å². The Labute approximate surface area is 162 Å². The predicted octanol–water partition coefficient (Wildman–Crippen LogP) is 1.61. The fraction of sp³-hybridized carbons (Fsp3) is 0.211. The first-order chi connectivity index (χ1) is 13.2. The van der Waals surface area contributed by atoms with Gasteiger partial charge in [0.2, 0.25) is 10.0 Å². The largest absolute Gasteiger partial charge is 0.456 e. The first kappa shape index (κ1) is 19.7. The maximum absolute atomic E-state index is 12.3. The molecule has 3 rings (SSSR count). The van der Waals surface area contributed by atoms with Crippen LogP contribution in [0.2, 0.25) is 0 Å². The van der Waals surface area contributed by atoms with Crippen LogP contribution in [-0.4, -0.2) is 42.2 Å². The van der Waals surface area contributed by atoms with Crippen LogP contribution in [0, 0.1) is 6.92 Å². The van der Waals surface area contributed by atoms with Crippen LogP contribution in [0.25, 0.3) is 5.65 Å². The van der Waals surface area contributed by atoms with Crippen molar-refractivity contribution in [1.82, 2.24) is 13.7 Å². The Balaban J connectivity index is 1.80. The molecule has 8 nitrogen and oxygen atoms in total. The summed E-state index contributed by atoms with van der Waals surface area (Å²) in [5.74, 6) is -0.707. The summed E-state index contributed by atoms with van der Waals surface area (Å²) in [5, 5.41) is 0. The summed E-state index contributed by atoms with van der Waals surface area (Å²) in [6.07, 6.45) is 1.68. The van der Waals surface area contributed by atoms with Gasteiger partial charge in [0.05, 0.1) is 16.2 Å². The fourth-order valence-electron chi connectivity index (χ4n) is 2.55. The normalized spacial score (nSPS) is 11.7. The second kappa shape index (κ2) is 7.53. The lowest BCUT2D eigenvalue weighted by Gasteiger charge is -2.12. The maximum Gasteiger partial charge on any atom is 0.338 e. The third kappa shape index (κ3) is 3.95. The molecule has 0 atom stereocenters. The molecule has 28 heavy (non-hydrogen) atoms. The highest BCUT2D eigenvalue weighted by atomic mass is 32.2. The highest BCUT2D eigenvalue weighted by molar-refractivity contribution is 7.89. The van der Waals surface area contributed by atoms with E-state index in [-0.39, 0.29) is 22.6 Å². The Morgan fingerprint density at radius 1 is 1.18 bits per heavy atom. The molecule has 0 unspecified atom stereocenters. The number of esters is 1. The van der Waals surface area contributed by atoms with Crippen LogP contribution in [0.3, 0.4) is 0 Å². The molecule has 3 aromatic rings. The van der Waals surface area contributed by atoms with E-state index in [4.69, 9.17) is 4.74 Å². The number of pyridine rings is 1. The van der Waals surface area contributed by atoms with Crippen molar-refractivity contribution in [2.24, 2.45) is 0 Å². The fourth-order valence-corrected chi connectivity index (χ4v) is 3.50. The monoisotopic (exact) mass is 401 g/mol. The van der Waals surface area contributed by atoms with Crippen LogP contribution < -0.4 is 5.56 Å². The first-order valence-electron chi connectivity index (χ1n) is 8.37. The summed E-state index contributed by atoms with van der Waals surface area (Å²) < 4.78 is 32.1. The zero-order valence-electron chi connectivity index (χ0n) is 15.6. The quantitative estimate of drug-likeness (QED) is 0.603. The van der Waals surface area contributed by atoms with E-state index >= 15 is 0 Å². The zero-order chi connectivity index (χ0) is 20.5. The van der Waals surface area contributed by atoms with Gasteiger partial charge in [0.15, 0.2) is 0 Å². The molecule has 0 radical (unpaired) electrons. The SMILES string of the molecule is Cc1ccc2nc(COC(=O)c3cccc(S(=O)(=O)N(C)C)c3)cc(=O)n2c1. The van der Waals surface area contributed by atoms with E-state index in [0.29, 0.717) is 11.3 Å². The predicted molar refractivity (Wildman–Crippen MR) is 103 cm³/mol. The number of benzene rings is 1. The molecule has 0 aliphatic heterocycles. The van der Waals surface area contributed by atoms with Gasteiger partial charge in [0, 0.05) is 26.4 Å². The summed E-state index contributed by atoms with van der Waals surface area (Å²) in [6, 6.07) is 10.4. The van der Waals surface area contributed by atoms with Crippen LogP contribution in [-0.2, 0) is 21.4 Å². The van der Waals surface area contributed by atoms with Crippen molar-refractivity contribution < 1.29 is 17.9 Å². The number of carbonyl (C=O) groups excluding carboxylic acids is 1. The zero-order valence-corrected chi connectivity index (χ0v) is 16.4. The molecule has 0 aliphatic rings. The molecular weight excluding hydrogens is 382 g/mol. The third-order valence-electron chi connectivity index (χ3n) is 4.06. The molecule has 0 fully saturated rings. The van der Waals surface area contributed by atoms with Gasteiger partial charge < -0.3 is 4.74 Å². The second-order valence-electron chi connectivity index (χ2n) is 6.41. The average Bonchev–Trinajstić information content (AvgIpc) is 2.66. The van der Waals surface area contributed by atoms with Crippen molar-refractivity contribution in [3.63, 3.8) is 0 Å². The Bertz CT molecular complexity index is 1220. The number of aryl methyl sites for hydroxylation is 1. The summed E-state index contributed by atoms with van der Waals surface area (Å²) in [7, 11) is -0.847. The molecule has 0 saturated carbocycles. The van der Waals surface area contributed by atoms with Gasteiger partial charge in [-0.15, -0.1) is 0 Å². The highest BCUT2D eigenvalue weighted by Gasteiger charge is 2.19. The van der Waals surface area contributed by atoms with E-state index in [1.807, 2.05) is 13.0 Å². The molecule has 0 aliphatic carbocycles. The van der Waals surface area contributed by atoms with Crippen molar-refractivity contribution >= 4 is 21.6 Å². The maximum atomic E-state index is 12.3. The Kier molecular flexibility index (Phi) is 5.30. The molecule has 1 aromatic carbocycles. The van der Waals surface area contributed by atoms with Gasteiger partial charge >= 0.3 is 5.97 Å². The minimum atomic E-state index is -3.66. The lowest BCUT2D eigenvalue weighted by atomic mass is 10.2. The third-order valence-corrected chi connectivity index (χ3v) is 5.87. The summed E-state index contributed by atoms with van der Waals surface area (Å²) >= 11 is 0. The smallest absolute Gasteiger partial charge is 0.338 e. The van der Waals surface area contributed by atoms with Crippen LogP contribution in [0.15, 0.2) is 58.4 Å². The summed E-state index contributed by atoms with van der Waals surface area (Å²) in [5.41, 5.74) is 1.49. The van der Waals surface area contributed by atoms with Gasteiger partial charge in [-0.1, -0.05) is 12.1 Å². The van der Waals surface area contributed by atoms with Crippen molar-refractivity contribution in [3.05, 3.63) is 75.8 Å². The van der Waals surface area contributed by atoms with Gasteiger partial charge in [-0.3, -0.25) is 9.20 Å². The summed E-state index contributed by atoms with van der Waals surface area (Å²) in [4.78, 5) is 28.8. The van der Waals surface area contributed by atoms with Crippen molar-refractivity contribution in [2.75, 3.05) is 14.1 Å². The van der Waals surface area contributed by atoms with E-state index in [1.165, 1.54) is 48.8 Å². The molecule has 0 N–H and O–H groups in total. The summed E-state index contributed by atoms with van der Waals surface area (Å²) in [6.45, 7) is 1.66. The van der Waals surface area contributed by atoms with E-state index in [9.17, 15) is 18.0 Å². The van der Waals surface area contributed by atoms with Crippen LogP contribution in [0.1, 0.15) is 21.6 Å². The standard InChI is InChI=1S/C19H19N3O5S/c1-13-7-8-17-20-15(10-18(23)22(17)11-13)12-27-19(24)14-5-4-6-16(9-14)28(25,26)21(2)3/h4-11H,12H2,1-3H3. The van der Waals surface area contributed by atoms with Crippen LogP contribution in [0.4, 0.5) is 0 Å². The van der Waals surface area contributed by atoms with Gasteiger partial charge in [0.1, 0.15) is 12.3 Å². The molecular formula is C19H19N3O5S. The second-order valence-corrected chi connectivity index (χ2v) is 8.56. The van der Waals surface area contributed by atoms with E-state index in [1.54, 1.807) is 12.3 Å². The van der Waals surface area contributed by atoms with Gasteiger partial charge in [-0.2, -0.15) is 0 Å². The Hall–Kier alpha value is -3.04. The number of nitrogens with zero attached hydrogens (tertiary/aromatic N) is 3. The van der Waals surface area contributed by atoms with Gasteiger partial charge in [0.25, 0.3) is 5.56 Å². The number of hydrogen-bond donors (Lipinski definition) is 0. The number of fused-ring (bicyclic) bond motifs is 1. The van der Waals surface area contributed by atoms with Gasteiger partial charge in [-0.25, -0.2) is 22.5 Å². The minimum Gasteiger partial charge on any atom is -0.456 e. The number of ether oxygens (including phenoxy) is 1. The lowest BCUT2D eigenvalue weighted by molar-refractivity contribution is 0.0467. The molecule has 9 heteroatoms. The van der Waals surface area contributed by atoms with E-state index in [0.717, 1.165) is 9.87 Å². The van der Waals surface area contributed by atoms with Crippen molar-refractivity contribution in [1.29, 1.82) is 0 Å². The molecule has 0 saturated heterocycles. The number of rotatable bonds is 5. The Morgan fingerprint density at radius 3 is 2.64 bits per heavy atom. The Morgan fingerprint density at radius 2 is 1.93 bits per heavy atom. The first-order valence-corrected chi connectivity index (χ1v) is 9.81. The number of sulfonamides is 1. The number of aromatic nitrogens is 2. The average molecular weight is 401 g/mol. The van der Waals surface area contributed by atoms with Crippen LogP contribution in [0.5, 0.6) is 0 Å². The minimum absolute atomic E-state index is 0.00982. The van der Waals surface area contributed by atoms with Crippen LogP contribution >= 0.6 is 0 Å². The molecule has 146 valence electrons. The molecule has 2 heterocycles. The lowest BCUT2D eigenvalue weighted by Crippen LogP contribution is -2.22. The molecule has 0 spiro atoms. The van der Waals surface area contributed by atoms with Gasteiger partial charge in [-0.05, 0) is 36.8 Å². The van der Waals surface area contributed by atoms with E-state index < -0.39 is 16.0 Å².